The Morgan fingerprint density at radius 3 is 3.04 bits per heavy atom. The van der Waals surface area contributed by atoms with E-state index in [4.69, 9.17) is 4.74 Å². The second-order valence-electron chi connectivity index (χ2n) is 5.92. The zero-order chi connectivity index (χ0) is 18.7. The van der Waals surface area contributed by atoms with Crippen LogP contribution in [0.15, 0.2) is 39.1 Å². The van der Waals surface area contributed by atoms with Crippen LogP contribution < -0.4 is 15.6 Å². The Morgan fingerprint density at radius 2 is 2.31 bits per heavy atom. The first-order chi connectivity index (χ1) is 12.5. The van der Waals surface area contributed by atoms with E-state index in [0.29, 0.717) is 28.4 Å². The van der Waals surface area contributed by atoms with Gasteiger partial charge in [-0.2, -0.15) is 0 Å². The first kappa shape index (κ1) is 18.8. The van der Waals surface area contributed by atoms with Crippen molar-refractivity contribution >= 4 is 35.1 Å². The quantitative estimate of drug-likeness (QED) is 0.603. The second-order valence-corrected chi connectivity index (χ2v) is 8.31. The van der Waals surface area contributed by atoms with E-state index < -0.39 is 0 Å². The van der Waals surface area contributed by atoms with Gasteiger partial charge in [0.2, 0.25) is 5.91 Å². The van der Waals surface area contributed by atoms with Crippen LogP contribution in [0.1, 0.15) is 19.5 Å². The van der Waals surface area contributed by atoms with Crippen molar-refractivity contribution < 1.29 is 9.53 Å². The van der Waals surface area contributed by atoms with E-state index in [9.17, 15) is 9.59 Å². The van der Waals surface area contributed by atoms with Crippen LogP contribution in [0.4, 0.5) is 5.69 Å². The maximum atomic E-state index is 12.6. The molecule has 1 aliphatic heterocycles. The minimum Gasteiger partial charge on any atom is -0.497 e. The monoisotopic (exact) mass is 391 g/mol. The van der Waals surface area contributed by atoms with E-state index in [0.717, 1.165) is 17.0 Å². The van der Waals surface area contributed by atoms with Crippen molar-refractivity contribution in [1.29, 1.82) is 0 Å². The minimum absolute atomic E-state index is 0.00236. The third kappa shape index (κ3) is 4.07. The van der Waals surface area contributed by atoms with Crippen molar-refractivity contribution in [2.45, 2.75) is 42.1 Å². The standard InChI is InChI=1S/C18H21N3O3S2/c1-4-21-17(23)16-14(8-11(2)26-16)20-18(21)25-10-15(22)19-12-6-5-7-13(9-12)24-3/h5-7,9,11H,4,8,10H2,1-3H3,(H,19,22)/t11-/m0/s1. The molecule has 0 saturated carbocycles. The molecular weight excluding hydrogens is 370 g/mol. The number of amides is 1. The van der Waals surface area contributed by atoms with Crippen molar-refractivity contribution in [3.05, 3.63) is 40.3 Å². The van der Waals surface area contributed by atoms with Crippen molar-refractivity contribution in [2.75, 3.05) is 18.2 Å². The molecule has 0 radical (unpaired) electrons. The SMILES string of the molecule is CCn1c(SCC(=O)Nc2cccc(OC)c2)nc2c(c1=O)S[C@@H](C)C2. The maximum absolute atomic E-state index is 12.6. The highest BCUT2D eigenvalue weighted by Crippen LogP contribution is 2.34. The Hall–Kier alpha value is -1.93. The Balaban J connectivity index is 1.71. The molecule has 0 fully saturated rings. The summed E-state index contributed by atoms with van der Waals surface area (Å²) in [4.78, 5) is 30.3. The fraction of sp³-hybridized carbons (Fsp3) is 0.389. The molecule has 0 unspecified atom stereocenters. The topological polar surface area (TPSA) is 73.2 Å². The molecule has 1 N–H and O–H groups in total. The Labute approximate surface area is 160 Å². The summed E-state index contributed by atoms with van der Waals surface area (Å²) in [5, 5.41) is 3.81. The van der Waals surface area contributed by atoms with Crippen LogP contribution in [-0.4, -0.2) is 33.6 Å². The van der Waals surface area contributed by atoms with Gasteiger partial charge in [-0.3, -0.25) is 14.2 Å². The summed E-state index contributed by atoms with van der Waals surface area (Å²) < 4.78 is 6.80. The number of aromatic nitrogens is 2. The zero-order valence-electron chi connectivity index (χ0n) is 14.9. The van der Waals surface area contributed by atoms with Crippen LogP contribution in [-0.2, 0) is 17.8 Å². The smallest absolute Gasteiger partial charge is 0.268 e. The largest absolute Gasteiger partial charge is 0.497 e. The van der Waals surface area contributed by atoms with Crippen molar-refractivity contribution in [2.24, 2.45) is 0 Å². The fourth-order valence-electron chi connectivity index (χ4n) is 2.75. The van der Waals surface area contributed by atoms with E-state index in [1.165, 1.54) is 11.8 Å². The highest BCUT2D eigenvalue weighted by molar-refractivity contribution is 8.00. The average Bonchev–Trinajstić information content (AvgIpc) is 3.01. The molecule has 6 nitrogen and oxygen atoms in total. The number of rotatable bonds is 6. The first-order valence-electron chi connectivity index (χ1n) is 8.39. The van der Waals surface area contributed by atoms with E-state index in [2.05, 4.69) is 17.2 Å². The lowest BCUT2D eigenvalue weighted by molar-refractivity contribution is -0.113. The number of methoxy groups -OCH3 is 1. The highest BCUT2D eigenvalue weighted by Gasteiger charge is 2.26. The Morgan fingerprint density at radius 1 is 1.50 bits per heavy atom. The van der Waals surface area contributed by atoms with E-state index in [1.807, 2.05) is 19.1 Å². The van der Waals surface area contributed by atoms with Gasteiger partial charge in [0.25, 0.3) is 5.56 Å². The number of nitrogens with zero attached hydrogens (tertiary/aromatic N) is 2. The molecule has 0 saturated heterocycles. The summed E-state index contributed by atoms with van der Waals surface area (Å²) in [7, 11) is 1.58. The Bertz CT molecular complexity index is 882. The molecule has 1 atom stereocenters. The number of ether oxygens (including phenoxy) is 1. The molecule has 1 aliphatic rings. The third-order valence-corrected chi connectivity index (χ3v) is 6.16. The molecule has 1 amide bonds. The van der Waals surface area contributed by atoms with Crippen LogP contribution in [0, 0.1) is 0 Å². The summed E-state index contributed by atoms with van der Waals surface area (Å²) in [5.41, 5.74) is 1.53. The zero-order valence-corrected chi connectivity index (χ0v) is 16.6. The van der Waals surface area contributed by atoms with Gasteiger partial charge in [0.05, 0.1) is 23.5 Å². The van der Waals surface area contributed by atoms with Gasteiger partial charge in [-0.1, -0.05) is 24.8 Å². The van der Waals surface area contributed by atoms with Crippen LogP contribution in [0.3, 0.4) is 0 Å². The summed E-state index contributed by atoms with van der Waals surface area (Å²) in [5.74, 6) is 0.719. The minimum atomic E-state index is -0.150. The summed E-state index contributed by atoms with van der Waals surface area (Å²) in [6.07, 6.45) is 0.795. The fourth-order valence-corrected chi connectivity index (χ4v) is 4.74. The van der Waals surface area contributed by atoms with E-state index >= 15 is 0 Å². The van der Waals surface area contributed by atoms with Crippen molar-refractivity contribution in [3.8, 4) is 5.75 Å². The van der Waals surface area contributed by atoms with Crippen LogP contribution in [0.5, 0.6) is 5.75 Å². The normalized spacial score (nSPS) is 15.6. The molecule has 1 aromatic carbocycles. The number of thioether (sulfide) groups is 2. The molecule has 3 rings (SSSR count). The lowest BCUT2D eigenvalue weighted by atomic mass is 10.2. The van der Waals surface area contributed by atoms with Gasteiger partial charge in [-0.15, -0.1) is 11.8 Å². The number of carbonyl (C=O) groups is 1. The van der Waals surface area contributed by atoms with Crippen LogP contribution in [0.25, 0.3) is 0 Å². The van der Waals surface area contributed by atoms with Crippen molar-refractivity contribution in [3.63, 3.8) is 0 Å². The number of hydrogen-bond donors (Lipinski definition) is 1. The molecule has 2 aromatic rings. The summed E-state index contributed by atoms with van der Waals surface area (Å²) >= 11 is 2.88. The summed E-state index contributed by atoms with van der Waals surface area (Å²) in [6, 6.07) is 7.20. The van der Waals surface area contributed by atoms with Gasteiger partial charge in [0, 0.05) is 30.0 Å². The van der Waals surface area contributed by atoms with Gasteiger partial charge in [-0.25, -0.2) is 4.98 Å². The molecule has 1 aromatic heterocycles. The molecule has 8 heteroatoms. The van der Waals surface area contributed by atoms with Gasteiger partial charge in [0.15, 0.2) is 5.16 Å². The van der Waals surface area contributed by atoms with E-state index in [1.54, 1.807) is 35.6 Å². The predicted octanol–water partition coefficient (Wildman–Crippen LogP) is 3.04. The molecule has 138 valence electrons. The van der Waals surface area contributed by atoms with Gasteiger partial charge in [-0.05, 0) is 19.1 Å². The number of nitrogens with one attached hydrogen (secondary N) is 1. The van der Waals surface area contributed by atoms with Gasteiger partial charge >= 0.3 is 0 Å². The summed E-state index contributed by atoms with van der Waals surface area (Å²) in [6.45, 7) is 4.54. The molecule has 0 spiro atoms. The molecule has 0 aliphatic carbocycles. The molecular formula is C18H21N3O3S2. The molecule has 0 bridgehead atoms. The number of carbonyl (C=O) groups excluding carboxylic acids is 1. The van der Waals surface area contributed by atoms with Crippen LogP contribution >= 0.6 is 23.5 Å². The lowest BCUT2D eigenvalue weighted by Crippen LogP contribution is -2.25. The highest BCUT2D eigenvalue weighted by atomic mass is 32.2. The third-order valence-electron chi connectivity index (χ3n) is 3.96. The van der Waals surface area contributed by atoms with Crippen LogP contribution in [0.2, 0.25) is 0 Å². The molecule has 26 heavy (non-hydrogen) atoms. The number of anilines is 1. The number of benzene rings is 1. The maximum Gasteiger partial charge on any atom is 0.268 e. The number of hydrogen-bond acceptors (Lipinski definition) is 6. The molecule has 2 heterocycles. The van der Waals surface area contributed by atoms with E-state index in [-0.39, 0.29) is 17.2 Å². The van der Waals surface area contributed by atoms with Crippen molar-refractivity contribution in [1.82, 2.24) is 9.55 Å². The van der Waals surface area contributed by atoms with Gasteiger partial charge in [0.1, 0.15) is 5.75 Å². The predicted molar refractivity (Wildman–Crippen MR) is 106 cm³/mol. The second kappa shape index (κ2) is 8.18. The van der Waals surface area contributed by atoms with Gasteiger partial charge < -0.3 is 10.1 Å². The number of fused-ring (bicyclic) bond motifs is 1. The average molecular weight is 392 g/mol. The lowest BCUT2D eigenvalue weighted by Gasteiger charge is -2.12. The Kier molecular flexibility index (Phi) is 5.93. The first-order valence-corrected chi connectivity index (χ1v) is 10.3.